The van der Waals surface area contributed by atoms with E-state index in [2.05, 4.69) is 132 Å². The number of anilines is 3. The molecule has 11 rings (SSSR count). The summed E-state index contributed by atoms with van der Waals surface area (Å²) >= 11 is 1.83. The highest BCUT2D eigenvalue weighted by atomic mass is 32.1. The molecular formula is C47H28N2O2S. The Hall–Kier alpha value is -6.69. The quantitative estimate of drug-likeness (QED) is 0.181. The van der Waals surface area contributed by atoms with Crippen molar-refractivity contribution in [3.05, 3.63) is 170 Å². The average Bonchev–Trinajstić information content (AvgIpc) is 3.91. The number of hydrogen-bond donors (Lipinski definition) is 0. The van der Waals surface area contributed by atoms with Gasteiger partial charge in [-0.15, -0.1) is 11.3 Å². The molecule has 0 aliphatic heterocycles. The topological polar surface area (TPSA) is 42.4 Å². The van der Waals surface area contributed by atoms with E-state index in [1.54, 1.807) is 0 Å². The number of benzene rings is 8. The molecule has 0 radical (unpaired) electrons. The van der Waals surface area contributed by atoms with Gasteiger partial charge in [0.2, 0.25) is 5.89 Å². The van der Waals surface area contributed by atoms with Crippen LogP contribution >= 0.6 is 11.3 Å². The van der Waals surface area contributed by atoms with E-state index in [-0.39, 0.29) is 0 Å². The van der Waals surface area contributed by atoms with Crippen LogP contribution in [0.25, 0.3) is 86.6 Å². The lowest BCUT2D eigenvalue weighted by Crippen LogP contribution is -2.09. The first-order chi connectivity index (χ1) is 25.7. The van der Waals surface area contributed by atoms with Gasteiger partial charge in [-0.05, 0) is 101 Å². The van der Waals surface area contributed by atoms with Gasteiger partial charge in [0.15, 0.2) is 5.58 Å². The number of aromatic nitrogens is 1. The highest BCUT2D eigenvalue weighted by molar-refractivity contribution is 7.25. The van der Waals surface area contributed by atoms with Gasteiger partial charge in [-0.3, -0.25) is 0 Å². The number of furan rings is 1. The van der Waals surface area contributed by atoms with Gasteiger partial charge in [-0.2, -0.15) is 0 Å². The third kappa shape index (κ3) is 4.57. The zero-order valence-corrected chi connectivity index (χ0v) is 28.6. The van der Waals surface area contributed by atoms with E-state index >= 15 is 0 Å². The van der Waals surface area contributed by atoms with Gasteiger partial charge in [-0.25, -0.2) is 4.98 Å². The van der Waals surface area contributed by atoms with Gasteiger partial charge < -0.3 is 13.7 Å². The van der Waals surface area contributed by atoms with Crippen molar-refractivity contribution in [2.24, 2.45) is 0 Å². The summed E-state index contributed by atoms with van der Waals surface area (Å²) in [6, 6.07) is 59.9. The molecule has 0 unspecified atom stereocenters. The monoisotopic (exact) mass is 684 g/mol. The minimum Gasteiger partial charge on any atom is -0.456 e. The highest BCUT2D eigenvalue weighted by Gasteiger charge is 2.20. The summed E-state index contributed by atoms with van der Waals surface area (Å²) < 4.78 is 15.5. The number of rotatable bonds is 5. The zero-order valence-electron chi connectivity index (χ0n) is 27.8. The molecule has 0 aliphatic carbocycles. The Morgan fingerprint density at radius 3 is 2.04 bits per heavy atom. The summed E-state index contributed by atoms with van der Waals surface area (Å²) in [5.74, 6) is 0.595. The van der Waals surface area contributed by atoms with E-state index < -0.39 is 0 Å². The maximum atomic E-state index is 6.49. The molecule has 11 aromatic rings. The molecule has 0 atom stereocenters. The standard InChI is InChI=1S/C47H28N2O2S/c1-2-10-31(11-3-1)47-48-40-23-25-42-45(46(40)51-47)39-28-33(21-24-41(39)50-42)49(34-22-26-44-38(27-34)37-14-6-7-16-43(37)52-44)32-19-17-30(18-20-32)36-15-8-12-29-9-4-5-13-35(29)36/h1-28H. The van der Waals surface area contributed by atoms with Gasteiger partial charge in [0.05, 0.1) is 5.39 Å². The van der Waals surface area contributed by atoms with E-state index in [1.807, 2.05) is 53.8 Å². The second-order valence-electron chi connectivity index (χ2n) is 13.1. The molecule has 5 heteroatoms. The van der Waals surface area contributed by atoms with E-state index in [9.17, 15) is 0 Å². The predicted molar refractivity (Wildman–Crippen MR) is 217 cm³/mol. The van der Waals surface area contributed by atoms with Crippen LogP contribution < -0.4 is 4.90 Å². The third-order valence-corrected chi connectivity index (χ3v) is 11.2. The van der Waals surface area contributed by atoms with Gasteiger partial charge in [0.25, 0.3) is 0 Å². The molecule has 0 N–H and O–H groups in total. The predicted octanol–water partition coefficient (Wildman–Crippen LogP) is 14.1. The third-order valence-electron chi connectivity index (χ3n) is 10.1. The first-order valence-corrected chi connectivity index (χ1v) is 18.2. The molecular weight excluding hydrogens is 657 g/mol. The Labute approximate surface area is 302 Å². The summed E-state index contributed by atoms with van der Waals surface area (Å²) in [6.45, 7) is 0. The van der Waals surface area contributed by atoms with Crippen molar-refractivity contribution < 1.29 is 8.83 Å². The molecule has 0 saturated heterocycles. The van der Waals surface area contributed by atoms with Crippen molar-refractivity contribution in [2.75, 3.05) is 4.90 Å². The molecule has 8 aromatic carbocycles. The number of oxazole rings is 1. The van der Waals surface area contributed by atoms with Crippen LogP contribution in [0.3, 0.4) is 0 Å². The normalized spacial score (nSPS) is 11.8. The number of thiophene rings is 1. The molecule has 0 saturated carbocycles. The fourth-order valence-corrected chi connectivity index (χ4v) is 8.73. The van der Waals surface area contributed by atoms with E-state index in [1.165, 1.54) is 42.1 Å². The van der Waals surface area contributed by atoms with Crippen LogP contribution in [0.15, 0.2) is 179 Å². The van der Waals surface area contributed by atoms with Crippen LogP contribution in [-0.2, 0) is 0 Å². The minimum atomic E-state index is 0.595. The lowest BCUT2D eigenvalue weighted by molar-refractivity contribution is 0.622. The zero-order chi connectivity index (χ0) is 34.2. The molecule has 0 fully saturated rings. The Kier molecular flexibility index (Phi) is 6.39. The van der Waals surface area contributed by atoms with Gasteiger partial charge in [0, 0.05) is 48.2 Å². The first-order valence-electron chi connectivity index (χ1n) is 17.4. The summed E-state index contributed by atoms with van der Waals surface area (Å²) in [7, 11) is 0. The second kappa shape index (κ2) is 11.4. The number of hydrogen-bond acceptors (Lipinski definition) is 5. The van der Waals surface area contributed by atoms with Crippen LogP contribution in [0, 0.1) is 0 Å². The molecule has 4 nitrogen and oxygen atoms in total. The summed E-state index contributed by atoms with van der Waals surface area (Å²) in [6.07, 6.45) is 0. The van der Waals surface area contributed by atoms with Crippen molar-refractivity contribution in [1.29, 1.82) is 0 Å². The number of nitrogens with zero attached hydrogens (tertiary/aromatic N) is 2. The first kappa shape index (κ1) is 29.1. The Bertz CT molecular complexity index is 3130. The highest BCUT2D eigenvalue weighted by Crippen LogP contribution is 2.44. The Morgan fingerprint density at radius 2 is 1.15 bits per heavy atom. The van der Waals surface area contributed by atoms with E-state index in [0.717, 1.165) is 55.7 Å². The largest absolute Gasteiger partial charge is 0.456 e. The summed E-state index contributed by atoms with van der Waals surface area (Å²) in [5, 5.41) is 6.91. The Balaban J connectivity index is 1.11. The molecule has 0 spiro atoms. The smallest absolute Gasteiger partial charge is 0.227 e. The number of fused-ring (bicyclic) bond motifs is 9. The second-order valence-corrected chi connectivity index (χ2v) is 14.2. The fraction of sp³-hybridized carbons (Fsp3) is 0. The minimum absolute atomic E-state index is 0.595. The molecule has 0 aliphatic rings. The van der Waals surface area contributed by atoms with Gasteiger partial charge in [0.1, 0.15) is 16.7 Å². The van der Waals surface area contributed by atoms with Crippen molar-refractivity contribution in [3.63, 3.8) is 0 Å². The molecule has 3 heterocycles. The molecule has 0 bridgehead atoms. The van der Waals surface area contributed by atoms with Gasteiger partial charge >= 0.3 is 0 Å². The lowest BCUT2D eigenvalue weighted by atomic mass is 9.98. The molecule has 3 aromatic heterocycles. The van der Waals surface area contributed by atoms with Crippen molar-refractivity contribution >= 4 is 92.4 Å². The van der Waals surface area contributed by atoms with Crippen molar-refractivity contribution in [2.45, 2.75) is 0 Å². The average molecular weight is 685 g/mol. The van der Waals surface area contributed by atoms with Crippen LogP contribution in [0.1, 0.15) is 0 Å². The van der Waals surface area contributed by atoms with Crippen LogP contribution in [0.4, 0.5) is 17.1 Å². The molecule has 244 valence electrons. The van der Waals surface area contributed by atoms with Crippen LogP contribution in [-0.4, -0.2) is 4.98 Å². The summed E-state index contributed by atoms with van der Waals surface area (Å²) in [4.78, 5) is 7.20. The fourth-order valence-electron chi connectivity index (χ4n) is 7.65. The van der Waals surface area contributed by atoms with E-state index in [0.29, 0.717) is 5.89 Å². The maximum absolute atomic E-state index is 6.49. The van der Waals surface area contributed by atoms with Crippen molar-refractivity contribution in [1.82, 2.24) is 4.98 Å². The maximum Gasteiger partial charge on any atom is 0.227 e. The van der Waals surface area contributed by atoms with Gasteiger partial charge in [-0.1, -0.05) is 91.0 Å². The Morgan fingerprint density at radius 1 is 0.462 bits per heavy atom. The SMILES string of the molecule is c1ccc(-c2nc3ccc4oc5ccc(N(c6ccc(-c7cccc8ccccc78)cc6)c6ccc7sc8ccccc8c7c6)cc5c4c3o2)cc1. The summed E-state index contributed by atoms with van der Waals surface area (Å²) in [5.41, 5.74) is 9.60. The van der Waals surface area contributed by atoms with Crippen molar-refractivity contribution in [3.8, 4) is 22.6 Å². The lowest BCUT2D eigenvalue weighted by Gasteiger charge is -2.26. The molecule has 0 amide bonds. The van der Waals surface area contributed by atoms with E-state index in [4.69, 9.17) is 13.8 Å². The van der Waals surface area contributed by atoms with Crippen LogP contribution in [0.2, 0.25) is 0 Å². The van der Waals surface area contributed by atoms with Crippen LogP contribution in [0.5, 0.6) is 0 Å². The molecule has 52 heavy (non-hydrogen) atoms.